The van der Waals surface area contributed by atoms with Gasteiger partial charge in [-0.1, -0.05) is 36.8 Å². The molecule has 7 heteroatoms. The highest BCUT2D eigenvalue weighted by molar-refractivity contribution is 8.00. The van der Waals surface area contributed by atoms with Gasteiger partial charge in [0.1, 0.15) is 16.9 Å². The number of thioether (sulfide) groups is 1. The second kappa shape index (κ2) is 10.4. The van der Waals surface area contributed by atoms with Crippen molar-refractivity contribution in [1.82, 2.24) is 5.32 Å². The van der Waals surface area contributed by atoms with Gasteiger partial charge >= 0.3 is 0 Å². The molecule has 4 aromatic rings. The third kappa shape index (κ3) is 4.75. The number of rotatable bonds is 8. The molecule has 1 heterocycles. The average molecular weight is 529 g/mol. The normalized spacial score (nSPS) is 21.1. The van der Waals surface area contributed by atoms with Gasteiger partial charge in [0.15, 0.2) is 0 Å². The zero-order valence-corrected chi connectivity index (χ0v) is 22.5. The number of nitrogens with one attached hydrogen (secondary N) is 2. The van der Waals surface area contributed by atoms with Crippen molar-refractivity contribution in [2.24, 2.45) is 17.8 Å². The summed E-state index contributed by atoms with van der Waals surface area (Å²) in [5, 5.41) is 8.13. The summed E-state index contributed by atoms with van der Waals surface area (Å²) in [6.45, 7) is 2.14. The Balaban J connectivity index is 1.15. The first-order valence-electron chi connectivity index (χ1n) is 13.3. The van der Waals surface area contributed by atoms with E-state index in [0.29, 0.717) is 28.5 Å². The lowest BCUT2D eigenvalue weighted by Crippen LogP contribution is -2.40. The molecular weight excluding hydrogens is 496 g/mol. The molecule has 0 spiro atoms. The molecule has 2 fully saturated rings. The van der Waals surface area contributed by atoms with Crippen LogP contribution in [0.2, 0.25) is 0 Å². The van der Waals surface area contributed by atoms with Crippen LogP contribution < -0.4 is 15.4 Å². The SMILES string of the molecule is COc1cc2c(cc1NC(=O)c1ccccc1SCC(=O)N[C@H](C)[C@H]1C[C@H]3CC[C@H]1C3)oc1ccccc12. The molecule has 0 radical (unpaired) electrons. The molecule has 2 aliphatic rings. The Bertz CT molecular complexity index is 1510. The fourth-order valence-electron chi connectivity index (χ4n) is 6.44. The summed E-state index contributed by atoms with van der Waals surface area (Å²) in [6, 6.07) is 19.1. The first-order chi connectivity index (χ1) is 18.5. The van der Waals surface area contributed by atoms with E-state index in [2.05, 4.69) is 17.6 Å². The van der Waals surface area contributed by atoms with Gasteiger partial charge in [-0.25, -0.2) is 0 Å². The Kier molecular flexibility index (Phi) is 6.78. The number of ether oxygens (including phenoxy) is 1. The molecular formula is C31H32N2O4S. The van der Waals surface area contributed by atoms with Crippen LogP contribution in [0.25, 0.3) is 21.9 Å². The van der Waals surface area contributed by atoms with Crippen molar-refractivity contribution in [1.29, 1.82) is 0 Å². The topological polar surface area (TPSA) is 80.6 Å². The molecule has 3 aromatic carbocycles. The molecule has 196 valence electrons. The van der Waals surface area contributed by atoms with Crippen molar-refractivity contribution in [3.8, 4) is 5.75 Å². The lowest BCUT2D eigenvalue weighted by Gasteiger charge is -2.28. The van der Waals surface area contributed by atoms with Gasteiger partial charge in [0.25, 0.3) is 5.91 Å². The minimum atomic E-state index is -0.266. The zero-order chi connectivity index (χ0) is 26.2. The Morgan fingerprint density at radius 3 is 2.63 bits per heavy atom. The van der Waals surface area contributed by atoms with Crippen LogP contribution in [0.15, 0.2) is 70.0 Å². The molecule has 0 aliphatic heterocycles. The number of fused-ring (bicyclic) bond motifs is 5. The van der Waals surface area contributed by atoms with Crippen LogP contribution in [-0.2, 0) is 4.79 Å². The monoisotopic (exact) mass is 528 g/mol. The maximum Gasteiger partial charge on any atom is 0.256 e. The standard InChI is InChI=1S/C31H32N2O4S/c1-18(23-14-19-11-12-20(23)13-19)32-30(34)17-38-29-10-6-4-8-22(29)31(35)33-25-16-27-24(15-28(25)36-2)21-7-3-5-9-26(21)37-27/h3-10,15-16,18-20,23H,11-14,17H2,1-2H3,(H,32,34)(H,33,35)/t18-,19+,20+,23-/m1/s1. The molecule has 2 saturated carbocycles. The highest BCUT2D eigenvalue weighted by atomic mass is 32.2. The van der Waals surface area contributed by atoms with Crippen molar-refractivity contribution in [2.75, 3.05) is 18.2 Å². The van der Waals surface area contributed by atoms with E-state index in [9.17, 15) is 9.59 Å². The minimum Gasteiger partial charge on any atom is -0.495 e. The lowest BCUT2D eigenvalue weighted by atomic mass is 9.84. The lowest BCUT2D eigenvalue weighted by molar-refractivity contribution is -0.119. The molecule has 2 amide bonds. The van der Waals surface area contributed by atoms with E-state index < -0.39 is 0 Å². The third-order valence-electron chi connectivity index (χ3n) is 8.26. The smallest absolute Gasteiger partial charge is 0.256 e. The summed E-state index contributed by atoms with van der Waals surface area (Å²) in [7, 11) is 1.58. The summed E-state index contributed by atoms with van der Waals surface area (Å²) >= 11 is 1.39. The number of para-hydroxylation sites is 1. The van der Waals surface area contributed by atoms with Gasteiger partial charge < -0.3 is 19.8 Å². The number of furan rings is 1. The molecule has 4 atom stereocenters. The van der Waals surface area contributed by atoms with Crippen molar-refractivity contribution >= 4 is 51.2 Å². The minimum absolute atomic E-state index is 0.0116. The Hall–Kier alpha value is -3.45. The molecule has 6 nitrogen and oxygen atoms in total. The van der Waals surface area contributed by atoms with Crippen LogP contribution in [0.4, 0.5) is 5.69 Å². The summed E-state index contributed by atoms with van der Waals surface area (Å²) < 4.78 is 11.6. The van der Waals surface area contributed by atoms with E-state index in [-0.39, 0.29) is 23.6 Å². The Morgan fingerprint density at radius 2 is 1.84 bits per heavy atom. The van der Waals surface area contributed by atoms with E-state index in [1.807, 2.05) is 48.5 Å². The van der Waals surface area contributed by atoms with Gasteiger partial charge in [-0.2, -0.15) is 0 Å². The predicted octanol–water partition coefficient (Wildman–Crippen LogP) is 6.88. The van der Waals surface area contributed by atoms with Crippen LogP contribution in [0.3, 0.4) is 0 Å². The van der Waals surface area contributed by atoms with Gasteiger partial charge in [-0.15, -0.1) is 11.8 Å². The van der Waals surface area contributed by atoms with Crippen LogP contribution in [-0.4, -0.2) is 30.7 Å². The fourth-order valence-corrected chi connectivity index (χ4v) is 7.30. The average Bonchev–Trinajstić information content (AvgIpc) is 3.66. The van der Waals surface area contributed by atoms with Crippen LogP contribution in [0.5, 0.6) is 5.75 Å². The van der Waals surface area contributed by atoms with Crippen LogP contribution >= 0.6 is 11.8 Å². The maximum atomic E-state index is 13.4. The van der Waals surface area contributed by atoms with E-state index >= 15 is 0 Å². The second-order valence-electron chi connectivity index (χ2n) is 10.6. The molecule has 0 unspecified atom stereocenters. The molecule has 6 rings (SSSR count). The highest BCUT2D eigenvalue weighted by Gasteiger charge is 2.42. The van der Waals surface area contributed by atoms with Crippen LogP contribution in [0, 0.1) is 17.8 Å². The van der Waals surface area contributed by atoms with E-state index in [0.717, 1.165) is 33.1 Å². The molecule has 2 N–H and O–H groups in total. The number of amides is 2. The summed E-state index contributed by atoms with van der Waals surface area (Å²) in [4.78, 5) is 26.9. The maximum absolute atomic E-state index is 13.4. The van der Waals surface area contributed by atoms with Crippen molar-refractivity contribution in [2.45, 2.75) is 43.5 Å². The van der Waals surface area contributed by atoms with Gasteiger partial charge in [0, 0.05) is 27.8 Å². The molecule has 38 heavy (non-hydrogen) atoms. The number of carbonyl (C=O) groups excluding carboxylic acids is 2. The number of carbonyl (C=O) groups is 2. The number of benzene rings is 3. The van der Waals surface area contributed by atoms with Crippen molar-refractivity contribution < 1.29 is 18.7 Å². The molecule has 0 saturated heterocycles. The molecule has 2 aliphatic carbocycles. The van der Waals surface area contributed by atoms with Gasteiger partial charge in [0.2, 0.25) is 5.91 Å². The zero-order valence-electron chi connectivity index (χ0n) is 21.7. The number of hydrogen-bond donors (Lipinski definition) is 2. The first kappa shape index (κ1) is 24.9. The fraction of sp³-hybridized carbons (Fsp3) is 0.355. The second-order valence-corrected chi connectivity index (χ2v) is 11.6. The Morgan fingerprint density at radius 1 is 1.03 bits per heavy atom. The van der Waals surface area contributed by atoms with Gasteiger partial charge in [-0.3, -0.25) is 9.59 Å². The van der Waals surface area contributed by atoms with E-state index in [1.54, 1.807) is 19.2 Å². The Labute approximate surface area is 226 Å². The number of hydrogen-bond acceptors (Lipinski definition) is 5. The highest BCUT2D eigenvalue weighted by Crippen LogP contribution is 2.49. The summed E-state index contributed by atoms with van der Waals surface area (Å²) in [5.41, 5.74) is 2.49. The van der Waals surface area contributed by atoms with Gasteiger partial charge in [0.05, 0.1) is 24.1 Å². The number of methoxy groups -OCH3 is 1. The van der Waals surface area contributed by atoms with Crippen LogP contribution in [0.1, 0.15) is 43.0 Å². The summed E-state index contributed by atoms with van der Waals surface area (Å²) in [6.07, 6.45) is 5.23. The quantitative estimate of drug-likeness (QED) is 0.244. The number of anilines is 1. The first-order valence-corrected chi connectivity index (χ1v) is 14.3. The molecule has 2 bridgehead atoms. The summed E-state index contributed by atoms with van der Waals surface area (Å²) in [5.74, 6) is 2.79. The van der Waals surface area contributed by atoms with Gasteiger partial charge in [-0.05, 0) is 68.2 Å². The third-order valence-corrected chi connectivity index (χ3v) is 9.33. The largest absolute Gasteiger partial charge is 0.495 e. The predicted molar refractivity (Wildman–Crippen MR) is 152 cm³/mol. The van der Waals surface area contributed by atoms with Crippen molar-refractivity contribution in [3.63, 3.8) is 0 Å². The van der Waals surface area contributed by atoms with Crippen molar-refractivity contribution in [3.05, 3.63) is 66.2 Å². The molecule has 1 aromatic heterocycles. The van der Waals surface area contributed by atoms with E-state index in [1.165, 1.54) is 37.4 Å². The van der Waals surface area contributed by atoms with E-state index in [4.69, 9.17) is 9.15 Å².